The van der Waals surface area contributed by atoms with E-state index in [1.807, 2.05) is 36.5 Å². The molecule has 0 bridgehead atoms. The van der Waals surface area contributed by atoms with E-state index in [2.05, 4.69) is 67.4 Å². The maximum Gasteiger partial charge on any atom is 0.134 e. The molecule has 0 amide bonds. The highest BCUT2D eigenvalue weighted by atomic mass is 35.5. The molecule has 2 nitrogen and oxygen atoms in total. The van der Waals surface area contributed by atoms with Crippen molar-refractivity contribution >= 4 is 45.7 Å². The minimum atomic E-state index is -0.507. The van der Waals surface area contributed by atoms with Crippen LogP contribution in [0, 0.1) is 0 Å². The molecule has 0 aliphatic heterocycles. The summed E-state index contributed by atoms with van der Waals surface area (Å²) in [5, 5.41) is 2.62. The highest BCUT2D eigenvalue weighted by Gasteiger charge is 2.32. The van der Waals surface area contributed by atoms with Crippen molar-refractivity contribution in [2.45, 2.75) is 32.1 Å². The van der Waals surface area contributed by atoms with Gasteiger partial charge in [-0.1, -0.05) is 90.3 Å². The number of halogens is 3. The molecule has 0 saturated heterocycles. The summed E-state index contributed by atoms with van der Waals surface area (Å²) < 4.78 is 0. The molecule has 2 heterocycles. The van der Waals surface area contributed by atoms with Crippen molar-refractivity contribution in [3.63, 3.8) is 0 Å². The molecule has 1 unspecified atom stereocenters. The summed E-state index contributed by atoms with van der Waals surface area (Å²) in [6.45, 7) is 4.33. The van der Waals surface area contributed by atoms with E-state index in [1.165, 1.54) is 5.56 Å². The van der Waals surface area contributed by atoms with E-state index in [4.69, 9.17) is 39.8 Å². The van der Waals surface area contributed by atoms with Crippen molar-refractivity contribution in [1.82, 2.24) is 9.97 Å². The van der Waals surface area contributed by atoms with Crippen LogP contribution in [0.5, 0.6) is 0 Å². The molecule has 0 aliphatic rings. The standard InChI is InChI=1S/C31H25Cl3N2/c1-3-20-9-11-21(12-10-20)16-27-29(33)26-18-23(13-14-28(26)36-30(27)34)31(2,24-7-5-15-35-19-24)22-6-4-8-25(32)17-22/h4-15,17-19H,3,16H2,1-2H3. The summed E-state index contributed by atoms with van der Waals surface area (Å²) in [5.41, 5.74) is 6.72. The lowest BCUT2D eigenvalue weighted by Gasteiger charge is -2.32. The van der Waals surface area contributed by atoms with Crippen LogP contribution in [0.4, 0.5) is 0 Å². The Bertz CT molecular complexity index is 1530. The van der Waals surface area contributed by atoms with E-state index in [0.29, 0.717) is 21.6 Å². The van der Waals surface area contributed by atoms with Gasteiger partial charge in [0.05, 0.1) is 10.5 Å². The highest BCUT2D eigenvalue weighted by molar-refractivity contribution is 6.39. The Balaban J connectivity index is 1.67. The first-order chi connectivity index (χ1) is 17.4. The normalized spacial score (nSPS) is 13.0. The molecule has 0 aliphatic carbocycles. The van der Waals surface area contributed by atoms with Gasteiger partial charge in [-0.05, 0) is 71.5 Å². The van der Waals surface area contributed by atoms with Gasteiger partial charge in [0, 0.05) is 40.2 Å². The Morgan fingerprint density at radius 2 is 1.50 bits per heavy atom. The summed E-state index contributed by atoms with van der Waals surface area (Å²) in [6, 6.07) is 26.8. The third kappa shape index (κ3) is 4.62. The van der Waals surface area contributed by atoms with Crippen LogP contribution in [0.3, 0.4) is 0 Å². The van der Waals surface area contributed by atoms with Gasteiger partial charge < -0.3 is 0 Å². The third-order valence-electron chi connectivity index (χ3n) is 7.00. The second-order valence-electron chi connectivity index (χ2n) is 9.15. The zero-order chi connectivity index (χ0) is 25.3. The number of aromatic nitrogens is 2. The maximum absolute atomic E-state index is 7.04. The number of hydrogen-bond donors (Lipinski definition) is 0. The van der Waals surface area contributed by atoms with Gasteiger partial charge in [0.1, 0.15) is 5.15 Å². The van der Waals surface area contributed by atoms with Crippen LogP contribution in [-0.4, -0.2) is 9.97 Å². The summed E-state index contributed by atoms with van der Waals surface area (Å²) >= 11 is 20.1. The predicted molar refractivity (Wildman–Crippen MR) is 152 cm³/mol. The van der Waals surface area contributed by atoms with Gasteiger partial charge >= 0.3 is 0 Å². The third-order valence-corrected chi connectivity index (χ3v) is 7.98. The molecule has 5 heteroatoms. The number of aryl methyl sites for hydroxylation is 1. The number of hydrogen-bond acceptors (Lipinski definition) is 2. The van der Waals surface area contributed by atoms with E-state index < -0.39 is 5.41 Å². The van der Waals surface area contributed by atoms with Crippen molar-refractivity contribution in [2.75, 3.05) is 0 Å². The Morgan fingerprint density at radius 1 is 0.778 bits per heavy atom. The van der Waals surface area contributed by atoms with Gasteiger partial charge in [-0.25, -0.2) is 4.98 Å². The SMILES string of the molecule is CCc1ccc(Cc2c(Cl)nc3ccc(C(C)(c4cccnc4)c4cccc(Cl)c4)cc3c2Cl)cc1. The number of benzene rings is 3. The van der Waals surface area contributed by atoms with E-state index >= 15 is 0 Å². The molecular weight excluding hydrogens is 507 g/mol. The zero-order valence-corrected chi connectivity index (χ0v) is 22.4. The Morgan fingerprint density at radius 3 is 2.19 bits per heavy atom. The fourth-order valence-corrected chi connectivity index (χ4v) is 5.55. The molecule has 3 aromatic carbocycles. The lowest BCUT2D eigenvalue weighted by Crippen LogP contribution is -2.25. The molecule has 5 rings (SSSR count). The van der Waals surface area contributed by atoms with Crippen LogP contribution >= 0.6 is 34.8 Å². The molecule has 0 spiro atoms. The van der Waals surface area contributed by atoms with E-state index in [0.717, 1.165) is 45.1 Å². The van der Waals surface area contributed by atoms with Gasteiger partial charge in [0.15, 0.2) is 0 Å². The molecule has 1 atom stereocenters. The molecule has 0 N–H and O–H groups in total. The molecule has 2 aromatic heterocycles. The smallest absolute Gasteiger partial charge is 0.134 e. The maximum atomic E-state index is 7.04. The Hall–Kier alpha value is -2.91. The van der Waals surface area contributed by atoms with Crippen LogP contribution in [0.15, 0.2) is 91.3 Å². The van der Waals surface area contributed by atoms with Crippen molar-refractivity contribution < 1.29 is 0 Å². The monoisotopic (exact) mass is 530 g/mol. The number of rotatable bonds is 6. The van der Waals surface area contributed by atoms with Crippen molar-refractivity contribution in [3.05, 3.63) is 140 Å². The topological polar surface area (TPSA) is 25.8 Å². The fourth-order valence-electron chi connectivity index (χ4n) is 4.75. The second-order valence-corrected chi connectivity index (χ2v) is 10.3. The first kappa shape index (κ1) is 24.8. The molecular formula is C31H25Cl3N2. The Kier molecular flexibility index (Phi) is 7.03. The molecule has 0 fully saturated rings. The van der Waals surface area contributed by atoms with E-state index in [1.54, 1.807) is 6.20 Å². The average Bonchev–Trinajstić information content (AvgIpc) is 2.91. The van der Waals surface area contributed by atoms with Gasteiger partial charge in [-0.15, -0.1) is 0 Å². The average molecular weight is 532 g/mol. The van der Waals surface area contributed by atoms with Gasteiger partial charge in [0.25, 0.3) is 0 Å². The van der Waals surface area contributed by atoms with Crippen molar-refractivity contribution in [2.24, 2.45) is 0 Å². The van der Waals surface area contributed by atoms with Crippen LogP contribution in [0.1, 0.15) is 47.2 Å². The minimum absolute atomic E-state index is 0.435. The lowest BCUT2D eigenvalue weighted by molar-refractivity contribution is 0.689. The van der Waals surface area contributed by atoms with Gasteiger partial charge in [0.2, 0.25) is 0 Å². The highest BCUT2D eigenvalue weighted by Crippen LogP contribution is 2.42. The molecule has 0 radical (unpaired) electrons. The van der Waals surface area contributed by atoms with Crippen molar-refractivity contribution in [3.8, 4) is 0 Å². The van der Waals surface area contributed by atoms with Crippen molar-refractivity contribution in [1.29, 1.82) is 0 Å². The predicted octanol–water partition coefficient (Wildman–Crippen LogP) is 9.10. The van der Waals surface area contributed by atoms with Gasteiger partial charge in [-0.2, -0.15) is 0 Å². The van der Waals surface area contributed by atoms with Crippen LogP contribution < -0.4 is 0 Å². The lowest BCUT2D eigenvalue weighted by atomic mass is 9.71. The van der Waals surface area contributed by atoms with Crippen LogP contribution in [0.2, 0.25) is 15.2 Å². The van der Waals surface area contributed by atoms with E-state index in [-0.39, 0.29) is 0 Å². The molecule has 0 saturated carbocycles. The van der Waals surface area contributed by atoms with Crippen LogP contribution in [0.25, 0.3) is 10.9 Å². The molecule has 180 valence electrons. The van der Waals surface area contributed by atoms with E-state index in [9.17, 15) is 0 Å². The van der Waals surface area contributed by atoms with Gasteiger partial charge in [-0.3, -0.25) is 4.98 Å². The fraction of sp³-hybridized carbons (Fsp3) is 0.161. The number of fused-ring (bicyclic) bond motifs is 1. The first-order valence-corrected chi connectivity index (χ1v) is 13.1. The summed E-state index contributed by atoms with van der Waals surface area (Å²) in [5.74, 6) is 0. The molecule has 5 aromatic rings. The minimum Gasteiger partial charge on any atom is -0.264 e. The first-order valence-electron chi connectivity index (χ1n) is 11.9. The number of nitrogens with zero attached hydrogens (tertiary/aromatic N) is 2. The zero-order valence-electron chi connectivity index (χ0n) is 20.1. The largest absolute Gasteiger partial charge is 0.264 e. The summed E-state index contributed by atoms with van der Waals surface area (Å²) in [6.07, 6.45) is 5.30. The molecule has 36 heavy (non-hydrogen) atoms. The second kappa shape index (κ2) is 10.2. The quantitative estimate of drug-likeness (QED) is 0.204. The van der Waals surface area contributed by atoms with Crippen LogP contribution in [-0.2, 0) is 18.3 Å². The Labute approximate surface area is 226 Å². The summed E-state index contributed by atoms with van der Waals surface area (Å²) in [7, 11) is 0. The number of pyridine rings is 2. The summed E-state index contributed by atoms with van der Waals surface area (Å²) in [4.78, 5) is 9.10.